The minimum absolute atomic E-state index is 1.28. The van der Waals surface area contributed by atoms with Gasteiger partial charge in [-0.1, -0.05) is 23.8 Å². The van der Waals surface area contributed by atoms with Crippen molar-refractivity contribution in [3.8, 4) is 11.4 Å². The van der Waals surface area contributed by atoms with Gasteiger partial charge in [0, 0.05) is 0 Å². The molecule has 0 saturated carbocycles. The van der Waals surface area contributed by atoms with Crippen LogP contribution in [0.5, 0.6) is 0 Å². The summed E-state index contributed by atoms with van der Waals surface area (Å²) in [6.45, 7) is 15.3. The first-order chi connectivity index (χ1) is 11.3. The molecular weight excluding hydrogens is 292 g/mol. The smallest absolute Gasteiger partial charge is 0.202 e. The minimum atomic E-state index is 1.28. The molecule has 0 spiro atoms. The van der Waals surface area contributed by atoms with E-state index in [0.717, 1.165) is 0 Å². The third-order valence-electron chi connectivity index (χ3n) is 5.10. The molecule has 0 N–H and O–H groups in total. The molecule has 2 aromatic carbocycles. The van der Waals surface area contributed by atoms with Crippen LogP contribution in [0.2, 0.25) is 0 Å². The van der Waals surface area contributed by atoms with Crippen molar-refractivity contribution < 1.29 is 4.57 Å². The van der Waals surface area contributed by atoms with Gasteiger partial charge in [0.1, 0.15) is 23.8 Å². The average Bonchev–Trinajstić information content (AvgIpc) is 2.93. The highest BCUT2D eigenvalue weighted by Gasteiger charge is 2.18. The minimum Gasteiger partial charge on any atom is -0.202 e. The van der Waals surface area contributed by atoms with Crippen molar-refractivity contribution in [3.05, 3.63) is 75.9 Å². The second kappa shape index (κ2) is 5.94. The highest BCUT2D eigenvalue weighted by Crippen LogP contribution is 2.25. The van der Waals surface area contributed by atoms with Gasteiger partial charge in [0.05, 0.1) is 0 Å². The maximum atomic E-state index is 2.28. The first-order valence-corrected chi connectivity index (χ1v) is 8.55. The molecule has 0 saturated heterocycles. The van der Waals surface area contributed by atoms with Crippen LogP contribution < -0.4 is 4.57 Å². The van der Waals surface area contributed by atoms with Crippen LogP contribution in [0.4, 0.5) is 0 Å². The molecule has 3 aromatic rings. The zero-order valence-electron chi connectivity index (χ0n) is 15.9. The Kier molecular flexibility index (Phi) is 4.08. The van der Waals surface area contributed by atoms with Gasteiger partial charge in [-0.05, 0) is 81.8 Å². The molecule has 1 heterocycles. The number of rotatable bonds is 2. The molecule has 0 unspecified atom stereocenters. The number of hydrogen-bond donors (Lipinski definition) is 0. The highest BCUT2D eigenvalue weighted by molar-refractivity contribution is 5.53. The van der Waals surface area contributed by atoms with E-state index in [2.05, 4.69) is 94.5 Å². The zero-order chi connectivity index (χ0) is 17.6. The largest absolute Gasteiger partial charge is 0.254 e. The quantitative estimate of drug-likeness (QED) is 0.593. The van der Waals surface area contributed by atoms with Crippen LogP contribution in [-0.4, -0.2) is 4.57 Å². The van der Waals surface area contributed by atoms with Gasteiger partial charge < -0.3 is 0 Å². The summed E-state index contributed by atoms with van der Waals surface area (Å²) in [6.07, 6.45) is 6.50. The summed E-state index contributed by atoms with van der Waals surface area (Å²) >= 11 is 0. The molecule has 0 atom stereocenters. The lowest BCUT2D eigenvalue weighted by Gasteiger charge is -2.11. The van der Waals surface area contributed by atoms with E-state index < -0.39 is 0 Å². The van der Waals surface area contributed by atoms with Gasteiger partial charge in [0.25, 0.3) is 6.33 Å². The van der Waals surface area contributed by atoms with Gasteiger partial charge in [-0.25, -0.2) is 9.13 Å². The van der Waals surface area contributed by atoms with E-state index in [9.17, 15) is 0 Å². The van der Waals surface area contributed by atoms with Crippen molar-refractivity contribution in [2.45, 2.75) is 48.5 Å². The van der Waals surface area contributed by atoms with Gasteiger partial charge in [-0.15, -0.1) is 0 Å². The number of imidazole rings is 1. The molecule has 1 aromatic heterocycles. The Morgan fingerprint density at radius 1 is 0.708 bits per heavy atom. The van der Waals surface area contributed by atoms with Crippen molar-refractivity contribution in [2.75, 3.05) is 0 Å². The fraction of sp³-hybridized carbons (Fsp3) is 0.318. The Labute approximate surface area is 145 Å². The SMILES string of the molecule is Cc1cc(C)c(-[n+]2ccn(-c3c(C)cc(C)c(C)c3C)c2)c(C)c1. The summed E-state index contributed by atoms with van der Waals surface area (Å²) in [6, 6.07) is 6.78. The predicted molar refractivity (Wildman–Crippen MR) is 100 cm³/mol. The zero-order valence-corrected chi connectivity index (χ0v) is 15.9. The Bertz CT molecular complexity index is 906. The van der Waals surface area contributed by atoms with Crippen LogP contribution in [0.1, 0.15) is 38.9 Å². The van der Waals surface area contributed by atoms with E-state index in [1.165, 1.54) is 50.3 Å². The Morgan fingerprint density at radius 3 is 1.96 bits per heavy atom. The molecule has 24 heavy (non-hydrogen) atoms. The maximum Gasteiger partial charge on any atom is 0.254 e. The van der Waals surface area contributed by atoms with E-state index >= 15 is 0 Å². The number of benzene rings is 2. The molecule has 0 radical (unpaired) electrons. The monoisotopic (exact) mass is 319 g/mol. The topological polar surface area (TPSA) is 8.81 Å². The molecule has 124 valence electrons. The lowest BCUT2D eigenvalue weighted by molar-refractivity contribution is -0.595. The van der Waals surface area contributed by atoms with Crippen molar-refractivity contribution in [2.24, 2.45) is 0 Å². The fourth-order valence-electron chi connectivity index (χ4n) is 3.87. The summed E-state index contributed by atoms with van der Waals surface area (Å²) < 4.78 is 4.48. The normalized spacial score (nSPS) is 11.1. The van der Waals surface area contributed by atoms with Crippen molar-refractivity contribution >= 4 is 0 Å². The number of hydrogen-bond acceptors (Lipinski definition) is 0. The number of aryl methyl sites for hydroxylation is 5. The van der Waals surface area contributed by atoms with Crippen molar-refractivity contribution in [1.29, 1.82) is 0 Å². The van der Waals surface area contributed by atoms with E-state index in [1.807, 2.05) is 0 Å². The van der Waals surface area contributed by atoms with Gasteiger partial charge in [-0.2, -0.15) is 0 Å². The third-order valence-corrected chi connectivity index (χ3v) is 5.10. The second-order valence-corrected chi connectivity index (χ2v) is 7.08. The van der Waals surface area contributed by atoms with Gasteiger partial charge in [0.15, 0.2) is 0 Å². The van der Waals surface area contributed by atoms with Crippen LogP contribution in [0.3, 0.4) is 0 Å². The highest BCUT2D eigenvalue weighted by atomic mass is 15.1. The van der Waals surface area contributed by atoms with Crippen LogP contribution in [0.15, 0.2) is 36.9 Å². The summed E-state index contributed by atoms with van der Waals surface area (Å²) in [5.41, 5.74) is 11.9. The predicted octanol–water partition coefficient (Wildman–Crippen LogP) is 4.91. The molecule has 0 bridgehead atoms. The molecule has 0 amide bonds. The first kappa shape index (κ1) is 16.5. The summed E-state index contributed by atoms with van der Waals surface area (Å²) in [7, 11) is 0. The lowest BCUT2D eigenvalue weighted by atomic mass is 9.98. The van der Waals surface area contributed by atoms with Crippen molar-refractivity contribution in [1.82, 2.24) is 4.57 Å². The number of aromatic nitrogens is 2. The Morgan fingerprint density at radius 2 is 1.33 bits per heavy atom. The van der Waals surface area contributed by atoms with E-state index in [1.54, 1.807) is 0 Å². The standard InChI is InChI=1S/C22H27N2/c1-14-10-16(3)21(17(4)11-14)23-8-9-24(13-23)22-18(5)12-15(2)19(6)20(22)7/h8-13H,1-7H3/q+1. The number of nitrogens with zero attached hydrogens (tertiary/aromatic N) is 2. The first-order valence-electron chi connectivity index (χ1n) is 8.55. The molecular formula is C22H27N2+. The van der Waals surface area contributed by atoms with E-state index in [4.69, 9.17) is 0 Å². The van der Waals surface area contributed by atoms with Crippen LogP contribution in [0, 0.1) is 48.5 Å². The molecule has 2 nitrogen and oxygen atoms in total. The molecule has 3 rings (SSSR count). The molecule has 0 fully saturated rings. The summed E-state index contributed by atoms with van der Waals surface area (Å²) in [5, 5.41) is 0. The Hall–Kier alpha value is -2.35. The third kappa shape index (κ3) is 2.66. The van der Waals surface area contributed by atoms with E-state index in [-0.39, 0.29) is 0 Å². The van der Waals surface area contributed by atoms with Crippen LogP contribution >= 0.6 is 0 Å². The molecule has 0 aliphatic heterocycles. The average molecular weight is 319 g/mol. The van der Waals surface area contributed by atoms with Crippen LogP contribution in [0.25, 0.3) is 11.4 Å². The van der Waals surface area contributed by atoms with Gasteiger partial charge >= 0.3 is 0 Å². The molecule has 2 heteroatoms. The maximum absolute atomic E-state index is 2.28. The summed E-state index contributed by atoms with van der Waals surface area (Å²) in [5.74, 6) is 0. The molecule has 0 aliphatic rings. The lowest BCUT2D eigenvalue weighted by Crippen LogP contribution is -2.30. The van der Waals surface area contributed by atoms with Gasteiger partial charge in [-0.3, -0.25) is 0 Å². The fourth-order valence-corrected chi connectivity index (χ4v) is 3.87. The van der Waals surface area contributed by atoms with Crippen LogP contribution in [-0.2, 0) is 0 Å². The molecule has 0 aliphatic carbocycles. The summed E-state index contributed by atoms with van der Waals surface area (Å²) in [4.78, 5) is 0. The van der Waals surface area contributed by atoms with Gasteiger partial charge in [0.2, 0.25) is 0 Å². The van der Waals surface area contributed by atoms with Crippen molar-refractivity contribution in [3.63, 3.8) is 0 Å². The second-order valence-electron chi connectivity index (χ2n) is 7.08. The Balaban J connectivity index is 2.16. The van der Waals surface area contributed by atoms with E-state index in [0.29, 0.717) is 0 Å².